The van der Waals surface area contributed by atoms with Gasteiger partial charge in [-0.3, -0.25) is 20.2 Å². The molecular formula is C18H18N2O6S. The fourth-order valence-electron chi connectivity index (χ4n) is 2.08. The Morgan fingerprint density at radius 2 is 1.63 bits per heavy atom. The highest BCUT2D eigenvalue weighted by Crippen LogP contribution is 2.34. The number of hydrogen-bond acceptors (Lipinski definition) is 7. The molecule has 0 N–H and O–H groups in total. The Hall–Kier alpha value is -3.07. The first-order valence-electron chi connectivity index (χ1n) is 7.85. The van der Waals surface area contributed by atoms with Crippen molar-refractivity contribution < 1.29 is 19.3 Å². The Labute approximate surface area is 160 Å². The van der Waals surface area contributed by atoms with Gasteiger partial charge in [0.2, 0.25) is 0 Å². The topological polar surface area (TPSA) is 105 Å². The predicted molar refractivity (Wildman–Crippen MR) is 102 cm³/mol. The SMILES string of the molecule is COc1ccc(O/C(C)=C(\C)CSc2ccc([N+](=O)[O-])cc2[N+](=O)[O-])cc1. The van der Waals surface area contributed by atoms with Gasteiger partial charge in [-0.15, -0.1) is 11.8 Å². The van der Waals surface area contributed by atoms with Crippen LogP contribution >= 0.6 is 11.8 Å². The van der Waals surface area contributed by atoms with Crippen LogP contribution < -0.4 is 9.47 Å². The van der Waals surface area contributed by atoms with Gasteiger partial charge in [-0.1, -0.05) is 0 Å². The van der Waals surface area contributed by atoms with Crippen molar-refractivity contribution in [3.05, 3.63) is 74.0 Å². The third-order valence-corrected chi connectivity index (χ3v) is 4.96. The number of nitrogens with zero attached hydrogens (tertiary/aromatic N) is 2. The molecule has 0 aliphatic heterocycles. The third-order valence-electron chi connectivity index (χ3n) is 3.73. The minimum atomic E-state index is -0.653. The summed E-state index contributed by atoms with van der Waals surface area (Å²) < 4.78 is 10.9. The number of thioether (sulfide) groups is 1. The van der Waals surface area contributed by atoms with Crippen LogP contribution in [0.15, 0.2) is 58.7 Å². The fourth-order valence-corrected chi connectivity index (χ4v) is 3.10. The van der Waals surface area contributed by atoms with Crippen LogP contribution in [0.4, 0.5) is 11.4 Å². The first kappa shape index (κ1) is 20.2. The monoisotopic (exact) mass is 390 g/mol. The highest BCUT2D eigenvalue weighted by molar-refractivity contribution is 7.99. The summed E-state index contributed by atoms with van der Waals surface area (Å²) in [7, 11) is 1.58. The Morgan fingerprint density at radius 3 is 2.19 bits per heavy atom. The molecule has 0 aromatic heterocycles. The average Bonchev–Trinajstić information content (AvgIpc) is 2.66. The summed E-state index contributed by atoms with van der Waals surface area (Å²) in [5, 5.41) is 22.0. The molecule has 9 heteroatoms. The van der Waals surface area contributed by atoms with Crippen molar-refractivity contribution in [2.45, 2.75) is 18.7 Å². The number of benzene rings is 2. The lowest BCUT2D eigenvalue weighted by Crippen LogP contribution is -1.98. The van der Waals surface area contributed by atoms with Crippen LogP contribution in [0.5, 0.6) is 11.5 Å². The lowest BCUT2D eigenvalue weighted by atomic mass is 10.3. The second-order valence-electron chi connectivity index (χ2n) is 5.57. The van der Waals surface area contributed by atoms with Crippen molar-refractivity contribution in [3.63, 3.8) is 0 Å². The highest BCUT2D eigenvalue weighted by Gasteiger charge is 2.19. The molecule has 27 heavy (non-hydrogen) atoms. The van der Waals surface area contributed by atoms with E-state index < -0.39 is 9.85 Å². The van der Waals surface area contributed by atoms with E-state index in [2.05, 4.69) is 0 Å². The second-order valence-corrected chi connectivity index (χ2v) is 6.59. The standard InChI is InChI=1S/C18H18N2O6S/c1-12(13(2)26-16-7-5-15(25-3)6-8-16)11-27-18-9-4-14(19(21)22)10-17(18)20(23)24/h4-10H,11H2,1-3H3/b13-12+. The van der Waals surface area contributed by atoms with Gasteiger partial charge in [0, 0.05) is 11.8 Å². The molecule has 0 spiro atoms. The largest absolute Gasteiger partial charge is 0.497 e. The highest BCUT2D eigenvalue weighted by atomic mass is 32.2. The Kier molecular flexibility index (Phi) is 6.78. The summed E-state index contributed by atoms with van der Waals surface area (Å²) in [6, 6.07) is 10.8. The van der Waals surface area contributed by atoms with Crippen molar-refractivity contribution in [1.82, 2.24) is 0 Å². The van der Waals surface area contributed by atoms with Crippen molar-refractivity contribution in [3.8, 4) is 11.5 Å². The van der Waals surface area contributed by atoms with E-state index in [-0.39, 0.29) is 11.4 Å². The van der Waals surface area contributed by atoms with Gasteiger partial charge in [-0.2, -0.15) is 0 Å². The number of ether oxygens (including phenoxy) is 2. The molecule has 2 aromatic rings. The van der Waals surface area contributed by atoms with Gasteiger partial charge in [0.1, 0.15) is 17.3 Å². The molecule has 2 rings (SSSR count). The molecule has 2 aromatic carbocycles. The van der Waals surface area contributed by atoms with Crippen LogP contribution in [-0.4, -0.2) is 22.7 Å². The van der Waals surface area contributed by atoms with Crippen LogP contribution in [0.1, 0.15) is 13.8 Å². The summed E-state index contributed by atoms with van der Waals surface area (Å²) in [4.78, 5) is 21.1. The van der Waals surface area contributed by atoms with E-state index in [0.29, 0.717) is 22.2 Å². The van der Waals surface area contributed by atoms with E-state index in [1.54, 1.807) is 31.4 Å². The van der Waals surface area contributed by atoms with E-state index in [1.807, 2.05) is 13.8 Å². The summed E-state index contributed by atoms with van der Waals surface area (Å²) in [6.07, 6.45) is 0. The van der Waals surface area contributed by atoms with E-state index >= 15 is 0 Å². The Bertz CT molecular complexity index is 880. The maximum atomic E-state index is 11.2. The van der Waals surface area contributed by atoms with Crippen molar-refractivity contribution >= 4 is 23.1 Å². The van der Waals surface area contributed by atoms with Gasteiger partial charge in [-0.25, -0.2) is 0 Å². The molecule has 8 nitrogen and oxygen atoms in total. The van der Waals surface area contributed by atoms with Gasteiger partial charge in [-0.05, 0) is 49.8 Å². The maximum Gasteiger partial charge on any atom is 0.289 e. The van der Waals surface area contributed by atoms with Crippen LogP contribution in [0, 0.1) is 20.2 Å². The zero-order chi connectivity index (χ0) is 20.0. The van der Waals surface area contributed by atoms with Gasteiger partial charge >= 0.3 is 0 Å². The predicted octanol–water partition coefficient (Wildman–Crippen LogP) is 4.98. The van der Waals surface area contributed by atoms with E-state index in [1.165, 1.54) is 23.9 Å². The van der Waals surface area contributed by atoms with E-state index in [9.17, 15) is 20.2 Å². The van der Waals surface area contributed by atoms with Gasteiger partial charge < -0.3 is 9.47 Å². The number of rotatable bonds is 8. The van der Waals surface area contributed by atoms with Gasteiger partial charge in [0.25, 0.3) is 11.4 Å². The minimum Gasteiger partial charge on any atom is -0.497 e. The lowest BCUT2D eigenvalue weighted by Gasteiger charge is -2.11. The van der Waals surface area contributed by atoms with Crippen LogP contribution in [0.25, 0.3) is 0 Å². The minimum absolute atomic E-state index is 0.282. The van der Waals surface area contributed by atoms with E-state index in [0.717, 1.165) is 17.4 Å². The number of hydrogen-bond donors (Lipinski definition) is 0. The number of allylic oxidation sites excluding steroid dienone is 1. The Morgan fingerprint density at radius 1 is 1.00 bits per heavy atom. The second kappa shape index (κ2) is 9.04. The van der Waals surface area contributed by atoms with Crippen molar-refractivity contribution in [1.29, 1.82) is 0 Å². The molecule has 0 aliphatic rings. The van der Waals surface area contributed by atoms with Crippen molar-refractivity contribution in [2.24, 2.45) is 0 Å². The molecule has 0 radical (unpaired) electrons. The summed E-state index contributed by atoms with van der Waals surface area (Å²) in [6.45, 7) is 3.67. The zero-order valence-corrected chi connectivity index (χ0v) is 15.8. The van der Waals surface area contributed by atoms with Crippen LogP contribution in [-0.2, 0) is 0 Å². The zero-order valence-electron chi connectivity index (χ0n) is 15.0. The normalized spacial score (nSPS) is 11.5. The number of nitro benzene ring substituents is 2. The van der Waals surface area contributed by atoms with Crippen molar-refractivity contribution in [2.75, 3.05) is 12.9 Å². The molecule has 142 valence electrons. The quantitative estimate of drug-likeness (QED) is 0.271. The number of nitro groups is 2. The van der Waals surface area contributed by atoms with Gasteiger partial charge in [0.15, 0.2) is 0 Å². The molecule has 0 saturated heterocycles. The first-order chi connectivity index (χ1) is 12.8. The molecule has 0 bridgehead atoms. The lowest BCUT2D eigenvalue weighted by molar-refractivity contribution is -0.396. The number of non-ortho nitro benzene ring substituents is 1. The molecule has 0 heterocycles. The summed E-state index contributed by atoms with van der Waals surface area (Å²) in [5.41, 5.74) is 0.302. The molecular weight excluding hydrogens is 372 g/mol. The maximum absolute atomic E-state index is 11.2. The molecule has 0 saturated carbocycles. The molecule has 0 atom stereocenters. The third kappa shape index (κ3) is 5.45. The average molecular weight is 390 g/mol. The van der Waals surface area contributed by atoms with E-state index in [4.69, 9.17) is 9.47 Å². The molecule has 0 fully saturated rings. The summed E-state index contributed by atoms with van der Waals surface area (Å²) in [5.74, 6) is 2.50. The smallest absolute Gasteiger partial charge is 0.289 e. The molecule has 0 amide bonds. The van der Waals surface area contributed by atoms with Crippen LogP contribution in [0.2, 0.25) is 0 Å². The Balaban J connectivity index is 2.10. The molecule has 0 unspecified atom stereocenters. The van der Waals surface area contributed by atoms with Gasteiger partial charge in [0.05, 0.1) is 27.9 Å². The number of methoxy groups -OCH3 is 1. The first-order valence-corrected chi connectivity index (χ1v) is 8.84. The fraction of sp³-hybridized carbons (Fsp3) is 0.222. The van der Waals surface area contributed by atoms with Crippen LogP contribution in [0.3, 0.4) is 0 Å². The summed E-state index contributed by atoms with van der Waals surface area (Å²) >= 11 is 1.23. The molecule has 0 aliphatic carbocycles.